The van der Waals surface area contributed by atoms with E-state index in [1.165, 1.54) is 11.3 Å². The lowest BCUT2D eigenvalue weighted by Gasteiger charge is -2.09. The van der Waals surface area contributed by atoms with Gasteiger partial charge in [-0.1, -0.05) is 17.7 Å². The van der Waals surface area contributed by atoms with Crippen molar-refractivity contribution in [3.63, 3.8) is 0 Å². The second-order valence-electron chi connectivity index (χ2n) is 3.28. The van der Waals surface area contributed by atoms with Crippen molar-refractivity contribution in [2.24, 2.45) is 0 Å². The molecule has 0 atom stereocenters. The Labute approximate surface area is 108 Å². The van der Waals surface area contributed by atoms with E-state index in [9.17, 15) is 4.79 Å². The summed E-state index contributed by atoms with van der Waals surface area (Å²) in [6, 6.07) is 8.67. The van der Waals surface area contributed by atoms with Gasteiger partial charge in [0.15, 0.2) is 0 Å². The molecule has 0 spiro atoms. The van der Waals surface area contributed by atoms with E-state index in [1.54, 1.807) is 31.4 Å². The summed E-state index contributed by atoms with van der Waals surface area (Å²) in [7, 11) is 1.55. The standard InChI is InChI=1S/C12H10ClNO2S/c1-16-10-5-4-8(13)7-9(10)14-12(15)11-3-2-6-17-11/h2-7H,1H3,(H,14,15). The summed E-state index contributed by atoms with van der Waals surface area (Å²) in [6.07, 6.45) is 0. The first-order valence-corrected chi connectivity index (χ1v) is 6.15. The normalized spacial score (nSPS) is 10.0. The Hall–Kier alpha value is -1.52. The van der Waals surface area contributed by atoms with E-state index in [-0.39, 0.29) is 5.91 Å². The number of halogens is 1. The molecule has 0 unspecified atom stereocenters. The van der Waals surface area contributed by atoms with Gasteiger partial charge in [0.1, 0.15) is 5.75 Å². The minimum atomic E-state index is -0.166. The first kappa shape index (κ1) is 12.0. The number of hydrogen-bond donors (Lipinski definition) is 1. The van der Waals surface area contributed by atoms with Crippen LogP contribution in [0.1, 0.15) is 9.67 Å². The molecule has 0 bridgehead atoms. The fraction of sp³-hybridized carbons (Fsp3) is 0.0833. The number of rotatable bonds is 3. The maximum absolute atomic E-state index is 11.9. The highest BCUT2D eigenvalue weighted by atomic mass is 35.5. The predicted molar refractivity (Wildman–Crippen MR) is 70.3 cm³/mol. The molecule has 1 heterocycles. The van der Waals surface area contributed by atoms with Gasteiger partial charge in [0.2, 0.25) is 0 Å². The number of hydrogen-bond acceptors (Lipinski definition) is 3. The Kier molecular flexibility index (Phi) is 3.66. The number of carbonyl (C=O) groups excluding carboxylic acids is 1. The highest BCUT2D eigenvalue weighted by Crippen LogP contribution is 2.28. The van der Waals surface area contributed by atoms with Crippen molar-refractivity contribution in [1.82, 2.24) is 0 Å². The summed E-state index contributed by atoms with van der Waals surface area (Å²) < 4.78 is 5.15. The second-order valence-corrected chi connectivity index (χ2v) is 4.66. The summed E-state index contributed by atoms with van der Waals surface area (Å²) in [6.45, 7) is 0. The van der Waals surface area contributed by atoms with Crippen LogP contribution in [-0.2, 0) is 0 Å². The lowest BCUT2D eigenvalue weighted by atomic mass is 10.3. The number of amides is 1. The minimum absolute atomic E-state index is 0.166. The van der Waals surface area contributed by atoms with Crippen molar-refractivity contribution >= 4 is 34.5 Å². The van der Waals surface area contributed by atoms with Crippen LogP contribution in [-0.4, -0.2) is 13.0 Å². The Morgan fingerprint density at radius 1 is 1.41 bits per heavy atom. The van der Waals surface area contributed by atoms with E-state index < -0.39 is 0 Å². The number of ether oxygens (including phenoxy) is 1. The van der Waals surface area contributed by atoms with Gasteiger partial charge >= 0.3 is 0 Å². The Balaban J connectivity index is 2.23. The monoisotopic (exact) mass is 267 g/mol. The summed E-state index contributed by atoms with van der Waals surface area (Å²) in [5.41, 5.74) is 0.568. The molecule has 2 aromatic rings. The average Bonchev–Trinajstić information content (AvgIpc) is 2.83. The van der Waals surface area contributed by atoms with Crippen molar-refractivity contribution < 1.29 is 9.53 Å². The van der Waals surface area contributed by atoms with E-state index >= 15 is 0 Å². The fourth-order valence-corrected chi connectivity index (χ4v) is 2.16. The molecular formula is C12H10ClNO2S. The van der Waals surface area contributed by atoms with Crippen LogP contribution in [0.25, 0.3) is 0 Å². The second kappa shape index (κ2) is 5.21. The molecule has 0 aliphatic carbocycles. The number of thiophene rings is 1. The van der Waals surface area contributed by atoms with Crippen LogP contribution in [0.4, 0.5) is 5.69 Å². The molecular weight excluding hydrogens is 258 g/mol. The van der Waals surface area contributed by atoms with Gasteiger partial charge in [-0.15, -0.1) is 11.3 Å². The maximum atomic E-state index is 11.9. The number of nitrogens with one attached hydrogen (secondary N) is 1. The smallest absolute Gasteiger partial charge is 0.265 e. The molecule has 0 aliphatic heterocycles. The third-order valence-electron chi connectivity index (χ3n) is 2.15. The van der Waals surface area contributed by atoms with Crippen LogP contribution in [0.15, 0.2) is 35.7 Å². The van der Waals surface area contributed by atoms with Crippen LogP contribution >= 0.6 is 22.9 Å². The van der Waals surface area contributed by atoms with E-state index in [2.05, 4.69) is 5.32 Å². The van der Waals surface area contributed by atoms with Gasteiger partial charge in [0, 0.05) is 5.02 Å². The van der Waals surface area contributed by atoms with Gasteiger partial charge in [0.05, 0.1) is 17.7 Å². The topological polar surface area (TPSA) is 38.3 Å². The molecule has 1 aromatic carbocycles. The van der Waals surface area contributed by atoms with Crippen LogP contribution in [0.2, 0.25) is 5.02 Å². The molecule has 5 heteroatoms. The average molecular weight is 268 g/mol. The largest absolute Gasteiger partial charge is 0.495 e. The van der Waals surface area contributed by atoms with Crippen LogP contribution in [0.3, 0.4) is 0 Å². The molecule has 0 saturated carbocycles. The molecule has 88 valence electrons. The summed E-state index contributed by atoms with van der Waals surface area (Å²) in [5.74, 6) is 0.417. The van der Waals surface area contributed by atoms with Crippen LogP contribution in [0.5, 0.6) is 5.75 Å². The molecule has 3 nitrogen and oxygen atoms in total. The van der Waals surface area contributed by atoms with E-state index in [1.807, 2.05) is 11.4 Å². The summed E-state index contributed by atoms with van der Waals surface area (Å²) in [5, 5.41) is 5.17. The van der Waals surface area contributed by atoms with E-state index in [0.29, 0.717) is 21.3 Å². The van der Waals surface area contributed by atoms with E-state index in [4.69, 9.17) is 16.3 Å². The summed E-state index contributed by atoms with van der Waals surface area (Å²) >= 11 is 7.26. The SMILES string of the molecule is COc1ccc(Cl)cc1NC(=O)c1cccs1. The molecule has 0 fully saturated rings. The van der Waals surface area contributed by atoms with Gasteiger partial charge in [0.25, 0.3) is 5.91 Å². The van der Waals surface area contributed by atoms with Gasteiger partial charge in [-0.3, -0.25) is 4.79 Å². The zero-order valence-electron chi connectivity index (χ0n) is 9.07. The van der Waals surface area contributed by atoms with E-state index in [0.717, 1.165) is 0 Å². The predicted octanol–water partition coefficient (Wildman–Crippen LogP) is 3.66. The Morgan fingerprint density at radius 2 is 2.24 bits per heavy atom. The van der Waals surface area contributed by atoms with Crippen molar-refractivity contribution in [2.45, 2.75) is 0 Å². The molecule has 1 N–H and O–H groups in total. The number of benzene rings is 1. The molecule has 0 aliphatic rings. The maximum Gasteiger partial charge on any atom is 0.265 e. The molecule has 2 rings (SSSR count). The van der Waals surface area contributed by atoms with Crippen molar-refractivity contribution in [3.8, 4) is 5.75 Å². The number of methoxy groups -OCH3 is 1. The molecule has 1 aromatic heterocycles. The van der Waals surface area contributed by atoms with Crippen molar-refractivity contribution in [2.75, 3.05) is 12.4 Å². The van der Waals surface area contributed by atoms with Crippen molar-refractivity contribution in [3.05, 3.63) is 45.6 Å². The fourth-order valence-electron chi connectivity index (χ4n) is 1.37. The van der Waals surface area contributed by atoms with Crippen molar-refractivity contribution in [1.29, 1.82) is 0 Å². The highest BCUT2D eigenvalue weighted by molar-refractivity contribution is 7.12. The molecule has 1 amide bonds. The summed E-state index contributed by atoms with van der Waals surface area (Å²) in [4.78, 5) is 12.5. The Morgan fingerprint density at radius 3 is 2.88 bits per heavy atom. The minimum Gasteiger partial charge on any atom is -0.495 e. The Bertz CT molecular complexity index is 525. The lowest BCUT2D eigenvalue weighted by molar-refractivity contribution is 0.103. The molecule has 0 radical (unpaired) electrons. The van der Waals surface area contributed by atoms with Gasteiger partial charge < -0.3 is 10.1 Å². The van der Waals surface area contributed by atoms with Gasteiger partial charge in [-0.05, 0) is 29.6 Å². The quantitative estimate of drug-likeness (QED) is 0.922. The number of carbonyl (C=O) groups is 1. The molecule has 0 saturated heterocycles. The van der Waals surface area contributed by atoms with Crippen LogP contribution < -0.4 is 10.1 Å². The zero-order chi connectivity index (χ0) is 12.3. The zero-order valence-corrected chi connectivity index (χ0v) is 10.6. The van der Waals surface area contributed by atoms with Gasteiger partial charge in [-0.25, -0.2) is 0 Å². The van der Waals surface area contributed by atoms with Crippen LogP contribution in [0, 0.1) is 0 Å². The first-order chi connectivity index (χ1) is 8.20. The van der Waals surface area contributed by atoms with Gasteiger partial charge in [-0.2, -0.15) is 0 Å². The molecule has 17 heavy (non-hydrogen) atoms. The highest BCUT2D eigenvalue weighted by Gasteiger charge is 2.10. The number of anilines is 1. The first-order valence-electron chi connectivity index (χ1n) is 4.89. The lowest BCUT2D eigenvalue weighted by Crippen LogP contribution is -2.10. The third kappa shape index (κ3) is 2.78. The third-order valence-corrected chi connectivity index (χ3v) is 3.26.